The Balaban J connectivity index is 1.85. The fourth-order valence-electron chi connectivity index (χ4n) is 4.19. The molecule has 116 valence electrons. The number of hydrogen-bond donors (Lipinski definition) is 1. The summed E-state index contributed by atoms with van der Waals surface area (Å²) in [6, 6.07) is 5.57. The molecule has 1 saturated heterocycles. The summed E-state index contributed by atoms with van der Waals surface area (Å²) in [5, 5.41) is 3.19. The Morgan fingerprint density at radius 3 is 2.71 bits per heavy atom. The molecule has 1 aromatic rings. The summed E-state index contributed by atoms with van der Waals surface area (Å²) in [6.45, 7) is 4.22. The first kappa shape index (κ1) is 14.8. The van der Waals surface area contributed by atoms with Crippen molar-refractivity contribution in [3.63, 3.8) is 0 Å². The van der Waals surface area contributed by atoms with Gasteiger partial charge in [0.1, 0.15) is 5.82 Å². The second kappa shape index (κ2) is 6.35. The van der Waals surface area contributed by atoms with E-state index in [-0.39, 0.29) is 11.9 Å². The molecular formula is C18H27FN2. The molecule has 3 unspecified atom stereocenters. The summed E-state index contributed by atoms with van der Waals surface area (Å²) in [4.78, 5) is 2.43. The zero-order valence-corrected chi connectivity index (χ0v) is 13.2. The van der Waals surface area contributed by atoms with Gasteiger partial charge in [0.15, 0.2) is 0 Å². The number of piperidine rings is 1. The maximum Gasteiger partial charge on any atom is 0.130 e. The van der Waals surface area contributed by atoms with Crippen LogP contribution in [0.1, 0.15) is 50.6 Å². The van der Waals surface area contributed by atoms with Crippen LogP contribution in [0.15, 0.2) is 18.2 Å². The zero-order valence-electron chi connectivity index (χ0n) is 13.2. The molecule has 2 aliphatic rings. The van der Waals surface area contributed by atoms with Gasteiger partial charge in [-0.25, -0.2) is 4.39 Å². The molecule has 1 saturated carbocycles. The third kappa shape index (κ3) is 2.94. The van der Waals surface area contributed by atoms with Crippen molar-refractivity contribution in [3.8, 4) is 0 Å². The first-order valence-corrected chi connectivity index (χ1v) is 8.41. The summed E-state index contributed by atoms with van der Waals surface area (Å²) >= 11 is 0. The summed E-state index contributed by atoms with van der Waals surface area (Å²) < 4.78 is 14.3. The van der Waals surface area contributed by atoms with E-state index in [0.717, 1.165) is 36.2 Å². The average molecular weight is 290 g/mol. The summed E-state index contributed by atoms with van der Waals surface area (Å²) in [5.74, 6) is 1.64. The molecule has 3 rings (SSSR count). The van der Waals surface area contributed by atoms with Crippen molar-refractivity contribution < 1.29 is 4.39 Å². The second-order valence-electron chi connectivity index (χ2n) is 6.72. The van der Waals surface area contributed by atoms with E-state index in [0.29, 0.717) is 0 Å². The van der Waals surface area contributed by atoms with Crippen LogP contribution in [0.3, 0.4) is 0 Å². The van der Waals surface area contributed by atoms with Crippen LogP contribution in [-0.4, -0.2) is 20.1 Å². The number of nitrogens with one attached hydrogen (secondary N) is 1. The number of benzene rings is 1. The largest absolute Gasteiger partial charge is 0.371 e. The van der Waals surface area contributed by atoms with Gasteiger partial charge in [-0.1, -0.05) is 25.3 Å². The number of halogens is 1. The molecule has 0 spiro atoms. The van der Waals surface area contributed by atoms with Gasteiger partial charge in [0.2, 0.25) is 0 Å². The van der Waals surface area contributed by atoms with Crippen molar-refractivity contribution >= 4 is 5.69 Å². The number of rotatable bonds is 3. The van der Waals surface area contributed by atoms with Gasteiger partial charge in [-0.3, -0.25) is 0 Å². The molecule has 2 nitrogen and oxygen atoms in total. The van der Waals surface area contributed by atoms with Crippen LogP contribution in [0.5, 0.6) is 0 Å². The third-order valence-electron chi connectivity index (χ3n) is 5.53. The van der Waals surface area contributed by atoms with Crippen LogP contribution in [0, 0.1) is 17.7 Å². The van der Waals surface area contributed by atoms with E-state index >= 15 is 0 Å². The van der Waals surface area contributed by atoms with Gasteiger partial charge in [0.05, 0.1) is 0 Å². The third-order valence-corrected chi connectivity index (χ3v) is 5.53. The van der Waals surface area contributed by atoms with Gasteiger partial charge in [0, 0.05) is 30.4 Å². The van der Waals surface area contributed by atoms with Crippen molar-refractivity contribution in [1.82, 2.24) is 5.32 Å². The Morgan fingerprint density at radius 2 is 1.95 bits per heavy atom. The Morgan fingerprint density at radius 1 is 1.19 bits per heavy atom. The molecule has 0 amide bonds. The molecule has 1 aliphatic heterocycles. The van der Waals surface area contributed by atoms with Gasteiger partial charge in [-0.05, 0) is 50.8 Å². The number of hydrogen-bond acceptors (Lipinski definition) is 2. The molecule has 0 aromatic heterocycles. The van der Waals surface area contributed by atoms with E-state index in [1.807, 2.05) is 20.0 Å². The summed E-state index contributed by atoms with van der Waals surface area (Å²) in [6.07, 6.45) is 6.81. The maximum absolute atomic E-state index is 14.3. The van der Waals surface area contributed by atoms with Crippen LogP contribution < -0.4 is 10.2 Å². The number of nitrogens with zero attached hydrogens (tertiary/aromatic N) is 1. The fourth-order valence-corrected chi connectivity index (χ4v) is 4.19. The smallest absolute Gasteiger partial charge is 0.130 e. The Labute approximate surface area is 127 Å². The number of anilines is 1. The molecule has 1 aromatic carbocycles. The van der Waals surface area contributed by atoms with Gasteiger partial charge < -0.3 is 10.2 Å². The molecule has 1 N–H and O–H groups in total. The van der Waals surface area contributed by atoms with Crippen LogP contribution >= 0.6 is 0 Å². The molecule has 0 radical (unpaired) electrons. The molecule has 2 fully saturated rings. The maximum atomic E-state index is 14.3. The first-order chi connectivity index (χ1) is 10.2. The topological polar surface area (TPSA) is 15.3 Å². The SMILES string of the molecule is CNC(C)c1c(F)cccc1N1CCC2CCCCC2C1. The predicted molar refractivity (Wildman–Crippen MR) is 86.2 cm³/mol. The van der Waals surface area contributed by atoms with Gasteiger partial charge >= 0.3 is 0 Å². The van der Waals surface area contributed by atoms with E-state index in [1.165, 1.54) is 32.1 Å². The van der Waals surface area contributed by atoms with Crippen molar-refractivity contribution in [2.45, 2.75) is 45.1 Å². The lowest BCUT2D eigenvalue weighted by atomic mass is 9.75. The molecule has 1 heterocycles. The quantitative estimate of drug-likeness (QED) is 0.900. The lowest BCUT2D eigenvalue weighted by Gasteiger charge is -2.43. The van der Waals surface area contributed by atoms with Gasteiger partial charge in [-0.15, -0.1) is 0 Å². The summed E-state index contributed by atoms with van der Waals surface area (Å²) in [5.41, 5.74) is 1.93. The van der Waals surface area contributed by atoms with Crippen LogP contribution in [0.4, 0.5) is 10.1 Å². The van der Waals surface area contributed by atoms with Crippen LogP contribution in [0.25, 0.3) is 0 Å². The summed E-state index contributed by atoms with van der Waals surface area (Å²) in [7, 11) is 1.90. The van der Waals surface area contributed by atoms with E-state index in [1.54, 1.807) is 6.07 Å². The van der Waals surface area contributed by atoms with Gasteiger partial charge in [0.25, 0.3) is 0 Å². The molecule has 3 atom stereocenters. The Hall–Kier alpha value is -1.09. The zero-order chi connectivity index (χ0) is 14.8. The minimum atomic E-state index is -0.0832. The second-order valence-corrected chi connectivity index (χ2v) is 6.72. The van der Waals surface area contributed by atoms with Crippen LogP contribution in [-0.2, 0) is 0 Å². The first-order valence-electron chi connectivity index (χ1n) is 8.41. The Kier molecular flexibility index (Phi) is 4.48. The number of fused-ring (bicyclic) bond motifs is 1. The van der Waals surface area contributed by atoms with E-state index < -0.39 is 0 Å². The van der Waals surface area contributed by atoms with Crippen molar-refractivity contribution in [2.24, 2.45) is 11.8 Å². The molecule has 0 bridgehead atoms. The monoisotopic (exact) mass is 290 g/mol. The highest BCUT2D eigenvalue weighted by atomic mass is 19.1. The van der Waals surface area contributed by atoms with E-state index in [2.05, 4.69) is 16.3 Å². The highest BCUT2D eigenvalue weighted by Crippen LogP contribution is 2.39. The molecular weight excluding hydrogens is 263 g/mol. The predicted octanol–water partition coefficient (Wildman–Crippen LogP) is 4.12. The fraction of sp³-hybridized carbons (Fsp3) is 0.667. The Bertz CT molecular complexity index is 488. The van der Waals surface area contributed by atoms with Crippen molar-refractivity contribution in [2.75, 3.05) is 25.0 Å². The molecule has 3 heteroatoms. The molecule has 21 heavy (non-hydrogen) atoms. The van der Waals surface area contributed by atoms with E-state index in [9.17, 15) is 4.39 Å². The van der Waals surface area contributed by atoms with Gasteiger partial charge in [-0.2, -0.15) is 0 Å². The lowest BCUT2D eigenvalue weighted by molar-refractivity contribution is 0.202. The lowest BCUT2D eigenvalue weighted by Crippen LogP contribution is -2.42. The normalized spacial score (nSPS) is 27.3. The van der Waals surface area contributed by atoms with E-state index in [4.69, 9.17) is 0 Å². The minimum absolute atomic E-state index is 0.0466. The van der Waals surface area contributed by atoms with Crippen molar-refractivity contribution in [1.29, 1.82) is 0 Å². The minimum Gasteiger partial charge on any atom is -0.371 e. The average Bonchev–Trinajstić information content (AvgIpc) is 2.53. The van der Waals surface area contributed by atoms with Crippen LogP contribution in [0.2, 0.25) is 0 Å². The standard InChI is InChI=1S/C18H27FN2/c1-13(20-2)18-16(19)8-5-9-17(18)21-11-10-14-6-3-4-7-15(14)12-21/h5,8-9,13-15,20H,3-4,6-7,10-12H2,1-2H3. The molecule has 1 aliphatic carbocycles. The van der Waals surface area contributed by atoms with Crippen molar-refractivity contribution in [3.05, 3.63) is 29.6 Å². The highest BCUT2D eigenvalue weighted by Gasteiger charge is 2.32. The highest BCUT2D eigenvalue weighted by molar-refractivity contribution is 5.56.